The summed E-state index contributed by atoms with van der Waals surface area (Å²) in [5.74, 6) is 0. The molecule has 0 saturated heterocycles. The summed E-state index contributed by atoms with van der Waals surface area (Å²) in [6.45, 7) is 0. The van der Waals surface area contributed by atoms with Crippen LogP contribution < -0.4 is 24.8 Å². The number of nitrogens with two attached hydrogens (primary N) is 1. The van der Waals surface area contributed by atoms with Crippen LogP contribution in [0, 0.1) is 0 Å². The molecule has 1 aromatic carbocycles. The Hall–Kier alpha value is -1.17. The number of hydrogen-bond donors (Lipinski definition) is 3. The lowest BCUT2D eigenvalue weighted by molar-refractivity contribution is 0.597. The summed E-state index contributed by atoms with van der Waals surface area (Å²) < 4.78 is 23.4. The summed E-state index contributed by atoms with van der Waals surface area (Å²) in [5, 5.41) is 12.4. The summed E-state index contributed by atoms with van der Waals surface area (Å²) in [6, 6.07) is 4.93. The van der Waals surface area contributed by atoms with Gasteiger partial charge in [-0.25, -0.2) is 13.6 Å². The monoisotopic (exact) mass is 329 g/mol. The Morgan fingerprint density at radius 1 is 1.05 bits per heavy atom. The average molecular weight is 329 g/mol. The predicted octanol–water partition coefficient (Wildman–Crippen LogP) is 1.22. The number of nitrogens with zero attached hydrogens (tertiary/aromatic N) is 2. The van der Waals surface area contributed by atoms with E-state index in [-0.39, 0.29) is 4.90 Å². The molecule has 0 bridgehead atoms. The lowest BCUT2D eigenvalue weighted by Gasteiger charge is -2.22. The Kier molecular flexibility index (Phi) is 3.67. The van der Waals surface area contributed by atoms with Gasteiger partial charge in [0.25, 0.3) is 0 Å². The summed E-state index contributed by atoms with van der Waals surface area (Å²) in [5.41, 5.74) is 1.28. The van der Waals surface area contributed by atoms with E-state index in [0.717, 1.165) is 5.69 Å². The number of hydrazine groups is 2. The molecule has 20 heavy (non-hydrogen) atoms. The maximum absolute atomic E-state index is 11.7. The molecule has 0 aromatic heterocycles. The number of anilines is 2. The van der Waals surface area contributed by atoms with Gasteiger partial charge in [0.2, 0.25) is 10.0 Å². The molecule has 4 N–H and O–H groups in total. The molecule has 2 heterocycles. The van der Waals surface area contributed by atoms with Crippen LogP contribution in [0.5, 0.6) is 0 Å². The molecule has 0 unspecified atom stereocenters. The molecule has 0 amide bonds. The van der Waals surface area contributed by atoms with Gasteiger partial charge in [0.15, 0.2) is 0 Å². The first kappa shape index (κ1) is 13.8. The largest absolute Gasteiger partial charge is 0.274 e. The second-order valence-corrected chi connectivity index (χ2v) is 6.84. The van der Waals surface area contributed by atoms with Crippen LogP contribution in [0.2, 0.25) is 0 Å². The van der Waals surface area contributed by atoms with Crippen molar-refractivity contribution in [2.75, 3.05) is 10.0 Å². The maximum atomic E-state index is 11.7. The van der Waals surface area contributed by atoms with Crippen LogP contribution in [0.15, 0.2) is 46.3 Å². The van der Waals surface area contributed by atoms with Crippen molar-refractivity contribution in [3.05, 3.63) is 41.4 Å². The van der Waals surface area contributed by atoms with Gasteiger partial charge in [-0.15, -0.1) is 0 Å². The molecule has 0 radical (unpaired) electrons. The summed E-state index contributed by atoms with van der Waals surface area (Å²) in [7, 11) is -3.80. The zero-order valence-electron chi connectivity index (χ0n) is 10.1. The smallest absolute Gasteiger partial charge is 0.240 e. The Morgan fingerprint density at radius 2 is 1.70 bits per heavy atom. The fourth-order valence-corrected chi connectivity index (χ4v) is 3.52. The highest BCUT2D eigenvalue weighted by molar-refractivity contribution is 8.00. The number of rotatable bonds is 3. The van der Waals surface area contributed by atoms with Gasteiger partial charge in [-0.1, -0.05) is 0 Å². The number of primary sulfonamides is 1. The average Bonchev–Trinajstić information content (AvgIpc) is 3.10. The molecule has 0 fully saturated rings. The minimum atomic E-state index is -3.80. The van der Waals surface area contributed by atoms with E-state index in [1.54, 1.807) is 28.4 Å². The molecule has 2 aliphatic heterocycles. The van der Waals surface area contributed by atoms with Crippen LogP contribution in [0.25, 0.3) is 0 Å². The third-order valence-corrected chi connectivity index (χ3v) is 4.72. The van der Waals surface area contributed by atoms with Gasteiger partial charge >= 0.3 is 0 Å². The highest BCUT2D eigenvalue weighted by Gasteiger charge is 2.21. The summed E-state index contributed by atoms with van der Waals surface area (Å²) >= 11 is 2.78. The Labute approximate surface area is 125 Å². The SMILES string of the molecule is NS(=O)(=O)c1ccc(N2C=CSN2)cc1N1C=CSN1. The van der Waals surface area contributed by atoms with E-state index in [1.807, 2.05) is 17.0 Å². The van der Waals surface area contributed by atoms with Gasteiger partial charge in [0, 0.05) is 23.2 Å². The quantitative estimate of drug-likeness (QED) is 0.713. The molecule has 3 rings (SSSR count). The molecule has 0 atom stereocenters. The van der Waals surface area contributed by atoms with E-state index in [9.17, 15) is 8.42 Å². The molecule has 1 aromatic rings. The van der Waals surface area contributed by atoms with Crippen LogP contribution in [0.3, 0.4) is 0 Å². The van der Waals surface area contributed by atoms with E-state index in [0.29, 0.717) is 5.69 Å². The van der Waals surface area contributed by atoms with Crippen molar-refractivity contribution in [3.63, 3.8) is 0 Å². The van der Waals surface area contributed by atoms with Gasteiger partial charge < -0.3 is 0 Å². The van der Waals surface area contributed by atoms with E-state index >= 15 is 0 Å². The molecule has 7 nitrogen and oxygen atoms in total. The second-order valence-electron chi connectivity index (χ2n) is 3.93. The van der Waals surface area contributed by atoms with Crippen LogP contribution in [-0.4, -0.2) is 8.42 Å². The zero-order chi connectivity index (χ0) is 14.2. The third-order valence-electron chi connectivity index (χ3n) is 2.64. The third kappa shape index (κ3) is 2.66. The molecule has 2 aliphatic rings. The van der Waals surface area contributed by atoms with E-state index in [1.165, 1.54) is 30.0 Å². The fourth-order valence-electron chi connectivity index (χ4n) is 1.77. The normalized spacial score (nSPS) is 18.2. The number of nitrogens with one attached hydrogen (secondary N) is 2. The highest BCUT2D eigenvalue weighted by Crippen LogP contribution is 2.32. The number of hydrogen-bond acceptors (Lipinski definition) is 8. The molecule has 0 spiro atoms. The predicted molar refractivity (Wildman–Crippen MR) is 82.5 cm³/mol. The summed E-state index contributed by atoms with van der Waals surface area (Å²) in [6.07, 6.45) is 3.59. The summed E-state index contributed by atoms with van der Waals surface area (Å²) in [4.78, 5) is 6.07. The fraction of sp³-hybridized carbons (Fsp3) is 0. The van der Waals surface area contributed by atoms with Gasteiger partial charge in [0.05, 0.1) is 11.4 Å². The first-order chi connectivity index (χ1) is 9.55. The van der Waals surface area contributed by atoms with Crippen molar-refractivity contribution in [1.29, 1.82) is 0 Å². The molecular formula is C10H11N5O2S3. The van der Waals surface area contributed by atoms with Gasteiger partial charge in [0.1, 0.15) is 4.90 Å². The van der Waals surface area contributed by atoms with Gasteiger partial charge in [-0.05, 0) is 42.1 Å². The Bertz CT molecular complexity index is 688. The molecule has 106 valence electrons. The highest BCUT2D eigenvalue weighted by atomic mass is 32.2. The molecule has 0 aliphatic carbocycles. The van der Waals surface area contributed by atoms with Crippen molar-refractivity contribution >= 4 is 45.3 Å². The minimum Gasteiger partial charge on any atom is -0.274 e. The van der Waals surface area contributed by atoms with Crippen LogP contribution in [0.1, 0.15) is 0 Å². The Morgan fingerprint density at radius 3 is 2.25 bits per heavy atom. The van der Waals surface area contributed by atoms with Crippen molar-refractivity contribution in [2.45, 2.75) is 4.90 Å². The first-order valence-electron chi connectivity index (χ1n) is 5.47. The molecule has 0 saturated carbocycles. The van der Waals surface area contributed by atoms with Crippen molar-refractivity contribution in [1.82, 2.24) is 9.66 Å². The number of benzene rings is 1. The van der Waals surface area contributed by atoms with Gasteiger partial charge in [-0.3, -0.25) is 10.0 Å². The molecular weight excluding hydrogens is 318 g/mol. The second kappa shape index (κ2) is 5.31. The van der Waals surface area contributed by atoms with E-state index in [2.05, 4.69) is 9.66 Å². The van der Waals surface area contributed by atoms with Crippen LogP contribution in [0.4, 0.5) is 11.4 Å². The van der Waals surface area contributed by atoms with Crippen LogP contribution >= 0.6 is 23.9 Å². The van der Waals surface area contributed by atoms with Crippen molar-refractivity contribution < 1.29 is 8.42 Å². The lowest BCUT2D eigenvalue weighted by atomic mass is 10.2. The van der Waals surface area contributed by atoms with E-state index in [4.69, 9.17) is 5.14 Å². The van der Waals surface area contributed by atoms with E-state index < -0.39 is 10.0 Å². The topological polar surface area (TPSA) is 90.7 Å². The maximum Gasteiger partial charge on any atom is 0.240 e. The minimum absolute atomic E-state index is 0.0664. The standard InChI is InChI=1S/C10H11N5O2S3/c11-20(16,17)10-2-1-8(14-3-5-18-12-14)7-9(10)15-4-6-19-13-15/h1-7,12-13H,(H2,11,16,17). The van der Waals surface area contributed by atoms with Gasteiger partial charge in [-0.2, -0.15) is 9.66 Å². The first-order valence-corrected chi connectivity index (χ1v) is 8.77. The molecule has 10 heteroatoms. The lowest BCUT2D eigenvalue weighted by Crippen LogP contribution is -2.28. The van der Waals surface area contributed by atoms with Crippen molar-refractivity contribution in [2.24, 2.45) is 5.14 Å². The van der Waals surface area contributed by atoms with Crippen LogP contribution in [-0.2, 0) is 10.0 Å². The zero-order valence-corrected chi connectivity index (χ0v) is 12.5. The Balaban J connectivity index is 2.07. The van der Waals surface area contributed by atoms with Crippen molar-refractivity contribution in [3.8, 4) is 0 Å². The number of sulfonamides is 1.